The van der Waals surface area contributed by atoms with Gasteiger partial charge in [0.1, 0.15) is 10.8 Å². The number of hydrogen-bond donors (Lipinski definition) is 0. The number of carbonyl (C=O) groups is 2. The monoisotopic (exact) mass is 302 g/mol. The number of rotatable bonds is 2. The third kappa shape index (κ3) is 1.58. The minimum atomic E-state index is -1.06. The van der Waals surface area contributed by atoms with E-state index in [2.05, 4.69) is 6.92 Å². The van der Waals surface area contributed by atoms with Gasteiger partial charge in [-0.15, -0.1) is 0 Å². The molecule has 0 bridgehead atoms. The highest BCUT2D eigenvalue weighted by atomic mass is 16.6. The van der Waals surface area contributed by atoms with Crippen molar-refractivity contribution >= 4 is 11.9 Å². The molecule has 0 aromatic heterocycles. The standard InChI is InChI=1S/C18H22O4/c1-6-11-7-9-12(10-8-11)18-13(16(2,3)14(19)22-18)21-15(20)17(18,4)5/h7-10,13H,6H2,1-5H3. The fourth-order valence-corrected chi connectivity index (χ4v) is 3.60. The minimum absolute atomic E-state index is 0.322. The molecule has 4 heteroatoms. The first-order chi connectivity index (χ1) is 10.2. The van der Waals surface area contributed by atoms with Crippen LogP contribution in [0.2, 0.25) is 0 Å². The Bertz CT molecular complexity index is 640. The van der Waals surface area contributed by atoms with Crippen LogP contribution in [0.5, 0.6) is 0 Å². The van der Waals surface area contributed by atoms with Crippen LogP contribution in [0.1, 0.15) is 45.7 Å². The molecular formula is C18H22O4. The van der Waals surface area contributed by atoms with Crippen molar-refractivity contribution in [3.8, 4) is 0 Å². The SMILES string of the molecule is CCc1ccc(C23OC(=O)C(C)(C)C2OC(=O)C3(C)C)cc1. The molecular weight excluding hydrogens is 280 g/mol. The number of benzene rings is 1. The molecule has 0 N–H and O–H groups in total. The number of aryl methyl sites for hydroxylation is 1. The molecule has 0 saturated carbocycles. The first kappa shape index (κ1) is 15.1. The van der Waals surface area contributed by atoms with Crippen LogP contribution in [-0.4, -0.2) is 18.0 Å². The van der Waals surface area contributed by atoms with Crippen LogP contribution >= 0.6 is 0 Å². The fourth-order valence-electron chi connectivity index (χ4n) is 3.60. The highest BCUT2D eigenvalue weighted by Crippen LogP contribution is 2.61. The third-order valence-electron chi connectivity index (χ3n) is 5.26. The van der Waals surface area contributed by atoms with E-state index in [9.17, 15) is 9.59 Å². The largest absolute Gasteiger partial charge is 0.456 e. The van der Waals surface area contributed by atoms with Crippen LogP contribution in [0, 0.1) is 10.8 Å². The van der Waals surface area contributed by atoms with Gasteiger partial charge in [0.2, 0.25) is 0 Å². The van der Waals surface area contributed by atoms with Gasteiger partial charge < -0.3 is 9.47 Å². The Kier molecular flexibility index (Phi) is 2.97. The van der Waals surface area contributed by atoms with Gasteiger partial charge in [0, 0.05) is 5.56 Å². The zero-order valence-electron chi connectivity index (χ0n) is 13.7. The van der Waals surface area contributed by atoms with E-state index in [1.807, 2.05) is 24.3 Å². The Morgan fingerprint density at radius 1 is 1.00 bits per heavy atom. The Hall–Kier alpha value is -1.84. The molecule has 2 unspecified atom stereocenters. The van der Waals surface area contributed by atoms with Gasteiger partial charge >= 0.3 is 11.9 Å². The summed E-state index contributed by atoms with van der Waals surface area (Å²) in [7, 11) is 0. The van der Waals surface area contributed by atoms with E-state index in [1.165, 1.54) is 5.56 Å². The number of hydrogen-bond acceptors (Lipinski definition) is 4. The Labute approximate surface area is 130 Å². The number of esters is 2. The molecule has 118 valence electrons. The Morgan fingerprint density at radius 3 is 2.14 bits per heavy atom. The first-order valence-corrected chi connectivity index (χ1v) is 7.72. The molecule has 2 saturated heterocycles. The molecule has 22 heavy (non-hydrogen) atoms. The van der Waals surface area contributed by atoms with Gasteiger partial charge in [0.15, 0.2) is 11.7 Å². The predicted octanol–water partition coefficient (Wildman–Crippen LogP) is 2.98. The van der Waals surface area contributed by atoms with Crippen LogP contribution in [0.3, 0.4) is 0 Å². The van der Waals surface area contributed by atoms with E-state index in [1.54, 1.807) is 27.7 Å². The molecule has 2 fully saturated rings. The lowest BCUT2D eigenvalue weighted by Crippen LogP contribution is -2.47. The summed E-state index contributed by atoms with van der Waals surface area (Å²) in [6.45, 7) is 9.21. The van der Waals surface area contributed by atoms with Crippen LogP contribution < -0.4 is 0 Å². The maximum atomic E-state index is 12.4. The maximum Gasteiger partial charge on any atom is 0.316 e. The molecule has 3 rings (SSSR count). The quantitative estimate of drug-likeness (QED) is 0.788. The summed E-state index contributed by atoms with van der Waals surface area (Å²) in [5.41, 5.74) is -0.814. The van der Waals surface area contributed by atoms with Crippen molar-refractivity contribution in [1.29, 1.82) is 0 Å². The number of carbonyl (C=O) groups excluding carboxylic acids is 2. The van der Waals surface area contributed by atoms with Gasteiger partial charge in [-0.25, -0.2) is 0 Å². The van der Waals surface area contributed by atoms with Gasteiger partial charge in [-0.05, 0) is 39.7 Å². The molecule has 4 nitrogen and oxygen atoms in total. The molecule has 1 aromatic rings. The summed E-state index contributed by atoms with van der Waals surface area (Å²) in [5, 5.41) is 0. The van der Waals surface area contributed by atoms with Crippen LogP contribution in [0.25, 0.3) is 0 Å². The molecule has 0 spiro atoms. The fraction of sp³-hybridized carbons (Fsp3) is 0.556. The van der Waals surface area contributed by atoms with Crippen molar-refractivity contribution < 1.29 is 19.1 Å². The van der Waals surface area contributed by atoms with Gasteiger partial charge in [0.05, 0.1) is 0 Å². The molecule has 0 aliphatic carbocycles. The Morgan fingerprint density at radius 2 is 1.59 bits per heavy atom. The van der Waals surface area contributed by atoms with E-state index < -0.39 is 22.5 Å². The molecule has 0 radical (unpaired) electrons. The predicted molar refractivity (Wildman–Crippen MR) is 81.0 cm³/mol. The van der Waals surface area contributed by atoms with Gasteiger partial charge in [-0.3, -0.25) is 9.59 Å². The van der Waals surface area contributed by atoms with Crippen molar-refractivity contribution in [2.75, 3.05) is 0 Å². The summed E-state index contributed by atoms with van der Waals surface area (Å²) >= 11 is 0. The third-order valence-corrected chi connectivity index (χ3v) is 5.26. The van der Waals surface area contributed by atoms with Crippen LogP contribution in [-0.2, 0) is 31.1 Å². The van der Waals surface area contributed by atoms with E-state index in [-0.39, 0.29) is 11.9 Å². The van der Waals surface area contributed by atoms with Crippen molar-refractivity contribution in [3.05, 3.63) is 35.4 Å². The molecule has 1 aromatic carbocycles. The maximum absolute atomic E-state index is 12.4. The van der Waals surface area contributed by atoms with Crippen molar-refractivity contribution in [2.45, 2.75) is 52.7 Å². The average Bonchev–Trinajstić information content (AvgIpc) is 2.81. The normalized spacial score (nSPS) is 31.6. The van der Waals surface area contributed by atoms with Gasteiger partial charge in [0.25, 0.3) is 0 Å². The van der Waals surface area contributed by atoms with Crippen molar-refractivity contribution in [3.63, 3.8) is 0 Å². The van der Waals surface area contributed by atoms with Crippen molar-refractivity contribution in [1.82, 2.24) is 0 Å². The zero-order valence-corrected chi connectivity index (χ0v) is 13.7. The topological polar surface area (TPSA) is 52.6 Å². The molecule has 2 atom stereocenters. The lowest BCUT2D eigenvalue weighted by molar-refractivity contribution is -0.166. The van der Waals surface area contributed by atoms with Crippen molar-refractivity contribution in [2.24, 2.45) is 10.8 Å². The smallest absolute Gasteiger partial charge is 0.316 e. The van der Waals surface area contributed by atoms with Crippen LogP contribution in [0.15, 0.2) is 24.3 Å². The molecule has 2 aliphatic heterocycles. The lowest BCUT2D eigenvalue weighted by Gasteiger charge is -2.36. The highest BCUT2D eigenvalue weighted by Gasteiger charge is 2.75. The summed E-state index contributed by atoms with van der Waals surface area (Å²) in [5.74, 6) is -0.643. The summed E-state index contributed by atoms with van der Waals surface area (Å²) in [6, 6.07) is 7.92. The first-order valence-electron chi connectivity index (χ1n) is 7.72. The second-order valence-corrected chi connectivity index (χ2v) is 7.31. The minimum Gasteiger partial charge on any atom is -0.456 e. The number of fused-ring (bicyclic) bond motifs is 1. The van der Waals surface area contributed by atoms with E-state index >= 15 is 0 Å². The van der Waals surface area contributed by atoms with E-state index in [0.717, 1.165) is 12.0 Å². The summed E-state index contributed by atoms with van der Waals surface area (Å²) in [4.78, 5) is 24.8. The van der Waals surface area contributed by atoms with Crippen LogP contribution in [0.4, 0.5) is 0 Å². The summed E-state index contributed by atoms with van der Waals surface area (Å²) in [6.07, 6.45) is 0.323. The van der Waals surface area contributed by atoms with E-state index in [0.29, 0.717) is 0 Å². The Balaban J connectivity index is 2.21. The lowest BCUT2D eigenvalue weighted by atomic mass is 9.66. The summed E-state index contributed by atoms with van der Waals surface area (Å²) < 4.78 is 11.5. The van der Waals surface area contributed by atoms with E-state index in [4.69, 9.17) is 9.47 Å². The van der Waals surface area contributed by atoms with Gasteiger partial charge in [-0.2, -0.15) is 0 Å². The zero-order chi connectivity index (χ0) is 16.3. The average molecular weight is 302 g/mol. The highest BCUT2D eigenvalue weighted by molar-refractivity contribution is 5.89. The molecule has 2 heterocycles. The second kappa shape index (κ2) is 4.34. The second-order valence-electron chi connectivity index (χ2n) is 7.31. The number of ether oxygens (including phenoxy) is 2. The van der Waals surface area contributed by atoms with Gasteiger partial charge in [-0.1, -0.05) is 31.2 Å². The molecule has 2 aliphatic rings. The molecule has 0 amide bonds.